The minimum atomic E-state index is -1.20. The van der Waals surface area contributed by atoms with Gasteiger partial charge in [-0.25, -0.2) is 9.18 Å². The van der Waals surface area contributed by atoms with Crippen molar-refractivity contribution in [3.63, 3.8) is 0 Å². The monoisotopic (exact) mass is 298 g/mol. The van der Waals surface area contributed by atoms with Crippen LogP contribution in [0, 0.1) is 5.82 Å². The molecule has 0 saturated heterocycles. The molecule has 0 heterocycles. The van der Waals surface area contributed by atoms with Gasteiger partial charge in [-0.15, -0.1) is 0 Å². The lowest BCUT2D eigenvalue weighted by Gasteiger charge is -2.21. The Hall–Kier alpha value is -2.15. The highest BCUT2D eigenvalue weighted by molar-refractivity contribution is 5.88. The third-order valence-corrected chi connectivity index (χ3v) is 2.56. The molecule has 0 fully saturated rings. The van der Waals surface area contributed by atoms with E-state index < -0.39 is 29.4 Å². The molecule has 1 aromatic rings. The van der Waals surface area contributed by atoms with Crippen LogP contribution in [0.3, 0.4) is 0 Å². The fraction of sp³-hybridized carbons (Fsp3) is 0.429. The highest BCUT2D eigenvalue weighted by Gasteiger charge is 2.24. The molecule has 6 nitrogen and oxygen atoms in total. The van der Waals surface area contributed by atoms with E-state index in [0.29, 0.717) is 0 Å². The summed E-state index contributed by atoms with van der Waals surface area (Å²) in [5.41, 5.74) is 4.96. The van der Waals surface area contributed by atoms with Crippen LogP contribution in [0.1, 0.15) is 32.3 Å². The highest BCUT2D eigenvalue weighted by Crippen LogP contribution is 2.26. The predicted molar refractivity (Wildman–Crippen MR) is 75.7 cm³/mol. The number of halogens is 1. The van der Waals surface area contributed by atoms with Crippen molar-refractivity contribution in [2.45, 2.75) is 32.3 Å². The standard InChI is InChI=1S/C14H19FN2O4/c1-14(2,3)21-13(20)17-11-5-4-8(15)6-9(11)10(7-16)12(18)19/h4-6,10H,7,16H2,1-3H3,(H,17,20)(H,18,19). The van der Waals surface area contributed by atoms with Crippen molar-refractivity contribution in [2.75, 3.05) is 11.9 Å². The molecule has 21 heavy (non-hydrogen) atoms. The van der Waals surface area contributed by atoms with Crippen LogP contribution in [0.2, 0.25) is 0 Å². The van der Waals surface area contributed by atoms with Gasteiger partial charge in [0.05, 0.1) is 5.92 Å². The molecule has 0 aliphatic heterocycles. The number of benzene rings is 1. The second-order valence-corrected chi connectivity index (χ2v) is 5.48. The Morgan fingerprint density at radius 1 is 1.43 bits per heavy atom. The molecule has 0 bridgehead atoms. The van der Waals surface area contributed by atoms with Crippen molar-refractivity contribution in [3.05, 3.63) is 29.6 Å². The second-order valence-electron chi connectivity index (χ2n) is 5.48. The van der Waals surface area contributed by atoms with Crippen molar-refractivity contribution in [1.29, 1.82) is 0 Å². The summed E-state index contributed by atoms with van der Waals surface area (Å²) >= 11 is 0. The third-order valence-electron chi connectivity index (χ3n) is 2.56. The first kappa shape index (κ1) is 16.9. The first-order valence-corrected chi connectivity index (χ1v) is 6.36. The zero-order valence-electron chi connectivity index (χ0n) is 12.1. The lowest BCUT2D eigenvalue weighted by molar-refractivity contribution is -0.138. The Labute approximate surface area is 122 Å². The minimum absolute atomic E-state index is 0.0934. The molecule has 0 saturated carbocycles. The van der Waals surface area contributed by atoms with Crippen LogP contribution >= 0.6 is 0 Å². The molecular formula is C14H19FN2O4. The lowest BCUT2D eigenvalue weighted by atomic mass is 9.97. The number of anilines is 1. The van der Waals surface area contributed by atoms with E-state index in [4.69, 9.17) is 15.6 Å². The van der Waals surface area contributed by atoms with E-state index in [0.717, 1.165) is 12.1 Å². The maximum Gasteiger partial charge on any atom is 0.412 e. The maximum absolute atomic E-state index is 13.3. The SMILES string of the molecule is CC(C)(C)OC(=O)Nc1ccc(F)cc1C(CN)C(=O)O. The second kappa shape index (κ2) is 6.53. The van der Waals surface area contributed by atoms with Gasteiger partial charge < -0.3 is 15.6 Å². The number of amides is 1. The average Bonchev–Trinajstić information content (AvgIpc) is 2.30. The molecule has 0 aromatic heterocycles. The number of ether oxygens (including phenoxy) is 1. The van der Waals surface area contributed by atoms with Crippen molar-refractivity contribution in [3.8, 4) is 0 Å². The van der Waals surface area contributed by atoms with Crippen molar-refractivity contribution in [2.24, 2.45) is 5.73 Å². The highest BCUT2D eigenvalue weighted by atomic mass is 19.1. The van der Waals surface area contributed by atoms with Crippen LogP contribution in [0.25, 0.3) is 0 Å². The molecule has 7 heteroatoms. The molecule has 116 valence electrons. The number of carbonyl (C=O) groups is 2. The molecule has 1 atom stereocenters. The summed E-state index contributed by atoms with van der Waals surface area (Å²) in [6.07, 6.45) is -0.753. The fourth-order valence-corrected chi connectivity index (χ4v) is 1.71. The van der Waals surface area contributed by atoms with E-state index in [1.807, 2.05) is 0 Å². The predicted octanol–water partition coefficient (Wildman–Crippen LogP) is 2.30. The van der Waals surface area contributed by atoms with Crippen LogP contribution in [0.4, 0.5) is 14.9 Å². The molecule has 1 rings (SSSR count). The molecule has 0 spiro atoms. The van der Waals surface area contributed by atoms with Crippen molar-refractivity contribution >= 4 is 17.7 Å². The van der Waals surface area contributed by atoms with E-state index in [9.17, 15) is 14.0 Å². The van der Waals surface area contributed by atoms with Gasteiger partial charge in [-0.1, -0.05) is 0 Å². The van der Waals surface area contributed by atoms with Gasteiger partial charge in [0.1, 0.15) is 11.4 Å². The average molecular weight is 298 g/mol. The smallest absolute Gasteiger partial charge is 0.412 e. The Bertz CT molecular complexity index is 540. The fourth-order valence-electron chi connectivity index (χ4n) is 1.71. The summed E-state index contributed by atoms with van der Waals surface area (Å²) in [6, 6.07) is 3.43. The number of nitrogens with two attached hydrogens (primary N) is 1. The van der Waals surface area contributed by atoms with E-state index >= 15 is 0 Å². The first-order valence-electron chi connectivity index (χ1n) is 6.36. The van der Waals surface area contributed by atoms with Crippen LogP contribution in [-0.4, -0.2) is 29.3 Å². The molecule has 0 aliphatic rings. The number of carbonyl (C=O) groups excluding carboxylic acids is 1. The number of carboxylic acid groups (broad SMARTS) is 1. The molecule has 1 amide bonds. The summed E-state index contributed by atoms with van der Waals surface area (Å²) < 4.78 is 18.4. The Kier molecular flexibility index (Phi) is 5.26. The van der Waals surface area contributed by atoms with Gasteiger partial charge in [0, 0.05) is 12.2 Å². The minimum Gasteiger partial charge on any atom is -0.481 e. The Morgan fingerprint density at radius 2 is 2.05 bits per heavy atom. The topological polar surface area (TPSA) is 102 Å². The van der Waals surface area contributed by atoms with Gasteiger partial charge in [0.2, 0.25) is 0 Å². The largest absolute Gasteiger partial charge is 0.481 e. The van der Waals surface area contributed by atoms with Crippen LogP contribution in [0.5, 0.6) is 0 Å². The number of rotatable bonds is 4. The maximum atomic E-state index is 13.3. The van der Waals surface area contributed by atoms with E-state index in [1.54, 1.807) is 20.8 Å². The van der Waals surface area contributed by atoms with Crippen molar-refractivity contribution < 1.29 is 23.8 Å². The Balaban J connectivity index is 3.07. The molecular weight excluding hydrogens is 279 g/mol. The normalized spacial score (nSPS) is 12.6. The summed E-state index contributed by atoms with van der Waals surface area (Å²) in [4.78, 5) is 22.9. The number of carboxylic acids is 1. The van der Waals surface area contributed by atoms with Gasteiger partial charge in [0.25, 0.3) is 0 Å². The molecule has 0 radical (unpaired) electrons. The first-order chi connectivity index (χ1) is 9.64. The molecule has 1 unspecified atom stereocenters. The number of aliphatic carboxylic acids is 1. The quantitative estimate of drug-likeness (QED) is 0.791. The number of hydrogen-bond donors (Lipinski definition) is 3. The lowest BCUT2D eigenvalue weighted by Crippen LogP contribution is -2.28. The van der Waals surface area contributed by atoms with Gasteiger partial charge in [-0.2, -0.15) is 0 Å². The Morgan fingerprint density at radius 3 is 2.52 bits per heavy atom. The van der Waals surface area contributed by atoms with E-state index in [-0.39, 0.29) is 17.8 Å². The molecule has 4 N–H and O–H groups in total. The molecule has 0 aliphatic carbocycles. The van der Waals surface area contributed by atoms with Gasteiger partial charge in [0.15, 0.2) is 0 Å². The van der Waals surface area contributed by atoms with Gasteiger partial charge in [-0.3, -0.25) is 10.1 Å². The summed E-state index contributed by atoms with van der Waals surface area (Å²) in [5, 5.41) is 11.5. The summed E-state index contributed by atoms with van der Waals surface area (Å²) in [5.74, 6) is -2.93. The summed E-state index contributed by atoms with van der Waals surface area (Å²) in [6.45, 7) is 4.86. The van der Waals surface area contributed by atoms with Crippen LogP contribution in [-0.2, 0) is 9.53 Å². The van der Waals surface area contributed by atoms with Crippen molar-refractivity contribution in [1.82, 2.24) is 0 Å². The van der Waals surface area contributed by atoms with Gasteiger partial charge >= 0.3 is 12.1 Å². The van der Waals surface area contributed by atoms with Crippen LogP contribution in [0.15, 0.2) is 18.2 Å². The number of hydrogen-bond acceptors (Lipinski definition) is 4. The zero-order valence-corrected chi connectivity index (χ0v) is 12.1. The summed E-state index contributed by atoms with van der Waals surface area (Å²) in [7, 11) is 0. The van der Waals surface area contributed by atoms with Crippen LogP contribution < -0.4 is 11.1 Å². The molecule has 1 aromatic carbocycles. The zero-order chi connectivity index (χ0) is 16.2. The van der Waals surface area contributed by atoms with E-state index in [2.05, 4.69) is 5.32 Å². The van der Waals surface area contributed by atoms with Gasteiger partial charge in [-0.05, 0) is 44.5 Å². The van der Waals surface area contributed by atoms with E-state index in [1.165, 1.54) is 6.07 Å². The third kappa shape index (κ3) is 5.03. The number of nitrogens with one attached hydrogen (secondary N) is 1.